The van der Waals surface area contributed by atoms with Gasteiger partial charge in [-0.25, -0.2) is 4.98 Å². The summed E-state index contributed by atoms with van der Waals surface area (Å²) in [5.41, 5.74) is 3.67. The number of benzene rings is 2. The van der Waals surface area contributed by atoms with Gasteiger partial charge in [0.25, 0.3) is 0 Å². The van der Waals surface area contributed by atoms with Gasteiger partial charge in [0, 0.05) is 16.6 Å². The van der Waals surface area contributed by atoms with E-state index in [0.29, 0.717) is 28.1 Å². The van der Waals surface area contributed by atoms with Crippen LogP contribution >= 0.6 is 11.6 Å². The first kappa shape index (κ1) is 16.0. The number of rotatable bonds is 5. The topological polar surface area (TPSA) is 43.1 Å². The second kappa shape index (κ2) is 7.11. The van der Waals surface area contributed by atoms with Gasteiger partial charge in [-0.1, -0.05) is 53.6 Å². The molecule has 0 spiro atoms. The maximum atomic E-state index is 12.3. The van der Waals surface area contributed by atoms with Crippen LogP contribution in [0.5, 0.6) is 0 Å². The van der Waals surface area contributed by atoms with E-state index in [1.54, 1.807) is 12.3 Å². The fourth-order valence-corrected chi connectivity index (χ4v) is 3.56. The van der Waals surface area contributed by atoms with E-state index in [1.165, 1.54) is 5.56 Å². The Kier molecular flexibility index (Phi) is 4.94. The summed E-state index contributed by atoms with van der Waals surface area (Å²) in [6, 6.07) is 15.4. The molecule has 1 atom stereocenters. The monoisotopic (exact) mass is 345 g/mol. The summed E-state index contributed by atoms with van der Waals surface area (Å²) in [5.74, 6) is 1.33. The van der Waals surface area contributed by atoms with Gasteiger partial charge in [0.05, 0.1) is 22.0 Å². The van der Waals surface area contributed by atoms with Gasteiger partial charge >= 0.3 is 0 Å². The van der Waals surface area contributed by atoms with Crippen molar-refractivity contribution in [2.75, 3.05) is 0 Å². The van der Waals surface area contributed by atoms with Crippen LogP contribution in [0.15, 0.2) is 59.2 Å². The molecular formula is C18H16ClNO2S. The fourth-order valence-electron chi connectivity index (χ4n) is 2.22. The van der Waals surface area contributed by atoms with E-state index in [2.05, 4.69) is 4.98 Å². The smallest absolute Gasteiger partial charge is 0.227 e. The molecule has 1 heterocycles. The summed E-state index contributed by atoms with van der Waals surface area (Å²) in [6.45, 7) is 2.03. The molecule has 0 bridgehead atoms. The average molecular weight is 346 g/mol. The number of halogens is 1. The van der Waals surface area contributed by atoms with E-state index in [1.807, 2.05) is 49.4 Å². The van der Waals surface area contributed by atoms with E-state index < -0.39 is 10.8 Å². The Morgan fingerprint density at radius 2 is 1.83 bits per heavy atom. The maximum Gasteiger partial charge on any atom is 0.227 e. The lowest BCUT2D eigenvalue weighted by Gasteiger charge is -2.01. The molecule has 0 unspecified atom stereocenters. The lowest BCUT2D eigenvalue weighted by molar-refractivity contribution is 0.573. The van der Waals surface area contributed by atoms with Gasteiger partial charge in [0.2, 0.25) is 5.89 Å². The van der Waals surface area contributed by atoms with Crippen molar-refractivity contribution in [3.8, 4) is 11.5 Å². The van der Waals surface area contributed by atoms with E-state index >= 15 is 0 Å². The largest absolute Gasteiger partial charge is 0.444 e. The number of aryl methyl sites for hydroxylation is 1. The van der Waals surface area contributed by atoms with Gasteiger partial charge in [-0.2, -0.15) is 0 Å². The Morgan fingerprint density at radius 3 is 2.57 bits per heavy atom. The molecule has 0 amide bonds. The van der Waals surface area contributed by atoms with Gasteiger partial charge < -0.3 is 4.42 Å². The molecule has 0 aliphatic rings. The standard InChI is InChI=1S/C18H16ClNO2S/c1-13-6-8-14(9-7-13)11-23(21)12-15-10-22-18(20-15)16-4-2-3-5-17(16)19/h2-10H,11-12H2,1H3/t23-/m1/s1. The lowest BCUT2D eigenvalue weighted by atomic mass is 10.2. The third-order valence-electron chi connectivity index (χ3n) is 3.41. The van der Waals surface area contributed by atoms with Crippen LogP contribution in [-0.4, -0.2) is 9.19 Å². The van der Waals surface area contributed by atoms with E-state index in [-0.39, 0.29) is 0 Å². The highest BCUT2D eigenvalue weighted by Crippen LogP contribution is 2.27. The van der Waals surface area contributed by atoms with Crippen LogP contribution in [0.25, 0.3) is 11.5 Å². The van der Waals surface area contributed by atoms with Crippen molar-refractivity contribution in [1.82, 2.24) is 4.98 Å². The average Bonchev–Trinajstić information content (AvgIpc) is 2.98. The molecule has 0 aliphatic heterocycles. The SMILES string of the molecule is Cc1ccc(C[S@@](=O)Cc2coc(-c3ccccc3Cl)n2)cc1. The zero-order chi connectivity index (χ0) is 16.2. The third kappa shape index (κ3) is 4.09. The fraction of sp³-hybridized carbons (Fsp3) is 0.167. The molecule has 0 radical (unpaired) electrons. The van der Waals surface area contributed by atoms with Crippen LogP contribution in [-0.2, 0) is 22.3 Å². The molecule has 0 N–H and O–H groups in total. The maximum absolute atomic E-state index is 12.3. The molecule has 0 aliphatic carbocycles. The molecular weight excluding hydrogens is 330 g/mol. The van der Waals surface area contributed by atoms with Gasteiger partial charge in [-0.15, -0.1) is 0 Å². The van der Waals surface area contributed by atoms with Gasteiger partial charge in [-0.05, 0) is 24.6 Å². The van der Waals surface area contributed by atoms with Crippen LogP contribution in [0.2, 0.25) is 5.02 Å². The van der Waals surface area contributed by atoms with E-state index in [4.69, 9.17) is 16.0 Å². The molecule has 0 fully saturated rings. The second-order valence-electron chi connectivity index (χ2n) is 5.34. The summed E-state index contributed by atoms with van der Waals surface area (Å²) in [6.07, 6.45) is 1.55. The molecule has 2 aromatic carbocycles. The van der Waals surface area contributed by atoms with Crippen LogP contribution < -0.4 is 0 Å². The quantitative estimate of drug-likeness (QED) is 0.670. The molecule has 0 saturated carbocycles. The van der Waals surface area contributed by atoms with Crippen molar-refractivity contribution in [1.29, 1.82) is 0 Å². The molecule has 1 aromatic heterocycles. The number of hydrogen-bond acceptors (Lipinski definition) is 3. The predicted molar refractivity (Wildman–Crippen MR) is 93.7 cm³/mol. The Balaban J connectivity index is 1.68. The van der Waals surface area contributed by atoms with E-state index in [9.17, 15) is 4.21 Å². The van der Waals surface area contributed by atoms with Crippen molar-refractivity contribution < 1.29 is 8.63 Å². The highest BCUT2D eigenvalue weighted by molar-refractivity contribution is 7.83. The number of aromatic nitrogens is 1. The first-order chi connectivity index (χ1) is 11.1. The number of hydrogen-bond donors (Lipinski definition) is 0. The van der Waals surface area contributed by atoms with Gasteiger partial charge in [-0.3, -0.25) is 4.21 Å². The summed E-state index contributed by atoms with van der Waals surface area (Å²) >= 11 is 6.13. The first-order valence-electron chi connectivity index (χ1n) is 7.21. The van der Waals surface area contributed by atoms with Crippen molar-refractivity contribution in [3.05, 3.63) is 76.6 Å². The summed E-state index contributed by atoms with van der Waals surface area (Å²) in [5, 5.41) is 0.585. The third-order valence-corrected chi connectivity index (χ3v) is 5.02. The number of nitrogens with zero attached hydrogens (tertiary/aromatic N) is 1. The normalized spacial score (nSPS) is 12.3. The highest BCUT2D eigenvalue weighted by Gasteiger charge is 2.12. The van der Waals surface area contributed by atoms with Gasteiger partial charge in [0.15, 0.2) is 0 Å². The first-order valence-corrected chi connectivity index (χ1v) is 9.08. The second-order valence-corrected chi connectivity index (χ2v) is 7.20. The Bertz CT molecular complexity index is 827. The zero-order valence-corrected chi connectivity index (χ0v) is 14.2. The van der Waals surface area contributed by atoms with Crippen LogP contribution in [0, 0.1) is 6.92 Å². The van der Waals surface area contributed by atoms with Crippen molar-refractivity contribution in [2.24, 2.45) is 0 Å². The van der Waals surface area contributed by atoms with E-state index in [0.717, 1.165) is 11.1 Å². The summed E-state index contributed by atoms with van der Waals surface area (Å²) < 4.78 is 17.8. The van der Waals surface area contributed by atoms with Crippen LogP contribution in [0.4, 0.5) is 0 Å². The summed E-state index contributed by atoms with van der Waals surface area (Å²) in [7, 11) is -1.03. The Labute approximate surface area is 142 Å². The minimum Gasteiger partial charge on any atom is -0.444 e. The van der Waals surface area contributed by atoms with Crippen molar-refractivity contribution in [3.63, 3.8) is 0 Å². The van der Waals surface area contributed by atoms with Crippen LogP contribution in [0.1, 0.15) is 16.8 Å². The predicted octanol–water partition coefficient (Wildman–Crippen LogP) is 4.75. The molecule has 23 heavy (non-hydrogen) atoms. The molecule has 3 nitrogen and oxygen atoms in total. The lowest BCUT2D eigenvalue weighted by Crippen LogP contribution is -2.00. The van der Waals surface area contributed by atoms with Crippen molar-refractivity contribution in [2.45, 2.75) is 18.4 Å². The zero-order valence-electron chi connectivity index (χ0n) is 12.7. The Morgan fingerprint density at radius 1 is 1.09 bits per heavy atom. The minimum atomic E-state index is -1.03. The molecule has 5 heteroatoms. The van der Waals surface area contributed by atoms with Gasteiger partial charge in [0.1, 0.15) is 6.26 Å². The Hall–Kier alpha value is -1.91. The molecule has 3 aromatic rings. The molecule has 3 rings (SSSR count). The number of oxazole rings is 1. The highest BCUT2D eigenvalue weighted by atomic mass is 35.5. The molecule has 118 valence electrons. The summed E-state index contributed by atoms with van der Waals surface area (Å²) in [4.78, 5) is 4.39. The minimum absolute atomic E-state index is 0.363. The van der Waals surface area contributed by atoms with Crippen LogP contribution in [0.3, 0.4) is 0 Å². The molecule has 0 saturated heterocycles. The van der Waals surface area contributed by atoms with Crippen molar-refractivity contribution >= 4 is 22.4 Å².